The van der Waals surface area contributed by atoms with E-state index in [9.17, 15) is 8.42 Å². The fraction of sp³-hybridized carbons (Fsp3) is 0.556. The fourth-order valence-corrected chi connectivity index (χ4v) is 5.41. The van der Waals surface area contributed by atoms with E-state index >= 15 is 0 Å². The monoisotopic (exact) mass is 375 g/mol. The highest BCUT2D eigenvalue weighted by atomic mass is 32.2. The molecule has 1 aromatic heterocycles. The molecule has 4 rings (SSSR count). The number of piperidine rings is 1. The molecule has 8 heteroatoms. The molecule has 26 heavy (non-hydrogen) atoms. The maximum atomic E-state index is 12.9. The van der Waals surface area contributed by atoms with Crippen molar-refractivity contribution in [3.8, 4) is 0 Å². The molecule has 140 valence electrons. The summed E-state index contributed by atoms with van der Waals surface area (Å²) in [6.07, 6.45) is 4.10. The van der Waals surface area contributed by atoms with Gasteiger partial charge in [0.25, 0.3) is 0 Å². The first-order valence-electron chi connectivity index (χ1n) is 9.25. The van der Waals surface area contributed by atoms with Crippen LogP contribution in [0.2, 0.25) is 0 Å². The second-order valence-electron chi connectivity index (χ2n) is 7.09. The highest BCUT2D eigenvalue weighted by molar-refractivity contribution is 7.89. The second-order valence-corrected chi connectivity index (χ2v) is 9.02. The molecule has 0 radical (unpaired) electrons. The number of aromatic nitrogens is 3. The predicted octanol–water partition coefficient (Wildman–Crippen LogP) is 1.68. The van der Waals surface area contributed by atoms with Crippen LogP contribution in [0.3, 0.4) is 0 Å². The first-order valence-corrected chi connectivity index (χ1v) is 10.7. The zero-order valence-corrected chi connectivity index (χ0v) is 15.9. The summed E-state index contributed by atoms with van der Waals surface area (Å²) in [4.78, 5) is 2.69. The van der Waals surface area contributed by atoms with Crippen molar-refractivity contribution in [1.82, 2.24) is 24.0 Å². The minimum Gasteiger partial charge on any atom is -0.312 e. The van der Waals surface area contributed by atoms with Gasteiger partial charge in [-0.15, -0.1) is 10.2 Å². The number of nitrogens with zero attached hydrogens (tertiary/aromatic N) is 5. The van der Waals surface area contributed by atoms with Crippen LogP contribution in [0.1, 0.15) is 37.0 Å². The topological polar surface area (TPSA) is 71.3 Å². The molecule has 0 aliphatic carbocycles. The Bertz CT molecular complexity index is 865. The van der Waals surface area contributed by atoms with Crippen LogP contribution in [-0.4, -0.2) is 59.1 Å². The van der Waals surface area contributed by atoms with Crippen molar-refractivity contribution in [3.63, 3.8) is 0 Å². The highest BCUT2D eigenvalue weighted by Crippen LogP contribution is 2.29. The average molecular weight is 375 g/mol. The Labute approximate surface area is 154 Å². The molecular formula is C18H25N5O2S. The van der Waals surface area contributed by atoms with E-state index in [-0.39, 0.29) is 6.04 Å². The smallest absolute Gasteiger partial charge is 0.243 e. The van der Waals surface area contributed by atoms with Gasteiger partial charge in [0.2, 0.25) is 10.0 Å². The summed E-state index contributed by atoms with van der Waals surface area (Å²) in [7, 11) is -1.33. The van der Waals surface area contributed by atoms with Crippen molar-refractivity contribution in [2.45, 2.75) is 43.2 Å². The largest absolute Gasteiger partial charge is 0.312 e. The first-order chi connectivity index (χ1) is 12.6. The third kappa shape index (κ3) is 3.17. The van der Waals surface area contributed by atoms with Gasteiger partial charge in [0, 0.05) is 26.1 Å². The molecule has 0 unspecified atom stereocenters. The van der Waals surface area contributed by atoms with Crippen LogP contribution in [0.25, 0.3) is 0 Å². The van der Waals surface area contributed by atoms with E-state index in [1.165, 1.54) is 12.8 Å². The summed E-state index contributed by atoms with van der Waals surface area (Å²) in [6, 6.07) is 8.94. The Kier molecular flexibility index (Phi) is 4.81. The van der Waals surface area contributed by atoms with Crippen molar-refractivity contribution in [3.05, 3.63) is 42.0 Å². The van der Waals surface area contributed by atoms with Gasteiger partial charge in [-0.25, -0.2) is 8.42 Å². The zero-order chi connectivity index (χ0) is 18.1. The number of rotatable bonds is 3. The van der Waals surface area contributed by atoms with Crippen molar-refractivity contribution in [2.24, 2.45) is 0 Å². The van der Waals surface area contributed by atoms with E-state index in [0.717, 1.165) is 24.6 Å². The fourth-order valence-electron chi connectivity index (χ4n) is 3.96. The Balaban J connectivity index is 1.57. The van der Waals surface area contributed by atoms with Gasteiger partial charge >= 0.3 is 0 Å². The number of sulfonamides is 1. The third-order valence-electron chi connectivity index (χ3n) is 5.46. The van der Waals surface area contributed by atoms with E-state index in [4.69, 9.17) is 0 Å². The minimum atomic E-state index is -3.47. The van der Waals surface area contributed by atoms with Crippen LogP contribution in [0.5, 0.6) is 0 Å². The number of hydrogen-bond acceptors (Lipinski definition) is 5. The lowest BCUT2D eigenvalue weighted by Gasteiger charge is -2.31. The van der Waals surface area contributed by atoms with Crippen LogP contribution in [0.4, 0.5) is 0 Å². The summed E-state index contributed by atoms with van der Waals surface area (Å²) in [5, 5.41) is 8.84. The van der Waals surface area contributed by atoms with Gasteiger partial charge in [0.15, 0.2) is 0 Å². The van der Waals surface area contributed by atoms with Crippen molar-refractivity contribution < 1.29 is 8.42 Å². The van der Waals surface area contributed by atoms with Crippen molar-refractivity contribution in [2.75, 3.05) is 26.7 Å². The summed E-state index contributed by atoms with van der Waals surface area (Å²) >= 11 is 0. The van der Waals surface area contributed by atoms with Gasteiger partial charge in [-0.1, -0.05) is 24.6 Å². The maximum Gasteiger partial charge on any atom is 0.243 e. The minimum absolute atomic E-state index is 0.280. The van der Waals surface area contributed by atoms with E-state index in [1.54, 1.807) is 28.6 Å². The maximum absolute atomic E-state index is 12.9. The molecule has 1 fully saturated rings. The van der Waals surface area contributed by atoms with Gasteiger partial charge in [-0.05, 0) is 38.6 Å². The summed E-state index contributed by atoms with van der Waals surface area (Å²) < 4.78 is 29.6. The molecule has 1 aromatic carbocycles. The molecule has 0 amide bonds. The molecule has 1 atom stereocenters. The molecule has 3 heterocycles. The standard InChI is InChI=1S/C18H25N5O2S/c1-21-11-6-5-9-16(21)18-20-19-17-10-12-22(13-14-23(17)18)26(24,25)15-7-3-2-4-8-15/h2-4,7-8,16H,5-6,9-14H2,1H3/t16-/m0/s1. The molecule has 0 bridgehead atoms. The molecule has 0 N–H and O–H groups in total. The number of benzene rings is 1. The van der Waals surface area contributed by atoms with Crippen LogP contribution in [0.15, 0.2) is 35.2 Å². The molecule has 0 spiro atoms. The third-order valence-corrected chi connectivity index (χ3v) is 7.38. The second kappa shape index (κ2) is 7.09. The average Bonchev–Trinajstić information content (AvgIpc) is 2.92. The van der Waals surface area contributed by atoms with Gasteiger partial charge < -0.3 is 4.57 Å². The molecule has 0 saturated carbocycles. The van der Waals surface area contributed by atoms with E-state index in [1.807, 2.05) is 6.07 Å². The lowest BCUT2D eigenvalue weighted by molar-refractivity contribution is 0.174. The molecular weight excluding hydrogens is 350 g/mol. The number of hydrogen-bond donors (Lipinski definition) is 0. The van der Waals surface area contributed by atoms with Gasteiger partial charge in [0.05, 0.1) is 10.9 Å². The van der Waals surface area contributed by atoms with E-state index in [0.29, 0.717) is 31.0 Å². The van der Waals surface area contributed by atoms with Crippen LogP contribution >= 0.6 is 0 Å². The summed E-state index contributed by atoms with van der Waals surface area (Å²) in [5.74, 6) is 1.88. The van der Waals surface area contributed by atoms with Gasteiger partial charge in [-0.2, -0.15) is 4.31 Å². The zero-order valence-electron chi connectivity index (χ0n) is 15.1. The Morgan fingerprint density at radius 3 is 2.58 bits per heavy atom. The summed E-state index contributed by atoms with van der Waals surface area (Å²) in [6.45, 7) is 2.57. The van der Waals surface area contributed by atoms with E-state index < -0.39 is 10.0 Å². The predicted molar refractivity (Wildman–Crippen MR) is 98.1 cm³/mol. The Morgan fingerprint density at radius 1 is 1.00 bits per heavy atom. The normalized spacial score (nSPS) is 22.7. The molecule has 7 nitrogen and oxygen atoms in total. The molecule has 2 aromatic rings. The van der Waals surface area contributed by atoms with Gasteiger partial charge in [0.1, 0.15) is 11.6 Å². The van der Waals surface area contributed by atoms with Crippen molar-refractivity contribution >= 4 is 10.0 Å². The van der Waals surface area contributed by atoms with Crippen LogP contribution in [0, 0.1) is 0 Å². The van der Waals surface area contributed by atoms with Crippen LogP contribution in [-0.2, 0) is 23.0 Å². The SMILES string of the molecule is CN1CCCC[C@H]1c1nnc2n1CCN(S(=O)(=O)c1ccccc1)CC2. The Morgan fingerprint density at radius 2 is 1.81 bits per heavy atom. The number of likely N-dealkylation sites (tertiary alicyclic amines) is 1. The number of fused-ring (bicyclic) bond motifs is 1. The quantitative estimate of drug-likeness (QED) is 0.816. The first kappa shape index (κ1) is 17.6. The molecule has 2 aliphatic heterocycles. The summed E-state index contributed by atoms with van der Waals surface area (Å²) in [5.41, 5.74) is 0. The molecule has 2 aliphatic rings. The molecule has 1 saturated heterocycles. The lowest BCUT2D eigenvalue weighted by atomic mass is 10.0. The van der Waals surface area contributed by atoms with E-state index in [2.05, 4.69) is 26.7 Å². The van der Waals surface area contributed by atoms with Gasteiger partial charge in [-0.3, -0.25) is 4.90 Å². The lowest BCUT2D eigenvalue weighted by Crippen LogP contribution is -2.34. The van der Waals surface area contributed by atoms with Crippen LogP contribution < -0.4 is 0 Å². The highest BCUT2D eigenvalue weighted by Gasteiger charge is 2.31. The Hall–Kier alpha value is -1.77. The van der Waals surface area contributed by atoms with Crippen molar-refractivity contribution in [1.29, 1.82) is 0 Å².